The van der Waals surface area contributed by atoms with Crippen LogP contribution in [0.15, 0.2) is 48.9 Å². The SMILES string of the molecule is CCCc1ccnc(NC(=O)c2ccc(-c3nn(C4CCNC4)c4ncnc(N)c34)cc2)c1.Cl. The number of fused-ring (bicyclic) bond motifs is 1. The lowest BCUT2D eigenvalue weighted by Crippen LogP contribution is -2.15. The summed E-state index contributed by atoms with van der Waals surface area (Å²) < 4.78 is 1.94. The molecule has 0 spiro atoms. The van der Waals surface area contributed by atoms with E-state index in [-0.39, 0.29) is 24.4 Å². The molecule has 1 fully saturated rings. The third-order valence-electron chi connectivity index (χ3n) is 5.92. The number of carbonyl (C=O) groups is 1. The number of nitrogens with one attached hydrogen (secondary N) is 2. The van der Waals surface area contributed by atoms with Gasteiger partial charge in [0.2, 0.25) is 0 Å². The maximum absolute atomic E-state index is 12.8. The molecule has 1 aromatic carbocycles. The van der Waals surface area contributed by atoms with Crippen LogP contribution in [0.1, 0.15) is 41.7 Å². The summed E-state index contributed by atoms with van der Waals surface area (Å²) in [5.74, 6) is 0.736. The molecule has 0 radical (unpaired) electrons. The number of anilines is 2. The largest absolute Gasteiger partial charge is 0.383 e. The monoisotopic (exact) mass is 478 g/mol. The van der Waals surface area contributed by atoms with Gasteiger partial charge in [-0.25, -0.2) is 19.6 Å². The molecule has 1 saturated heterocycles. The van der Waals surface area contributed by atoms with Crippen LogP contribution in [0.3, 0.4) is 0 Å². The van der Waals surface area contributed by atoms with Crippen molar-refractivity contribution in [2.75, 3.05) is 24.1 Å². The van der Waals surface area contributed by atoms with E-state index in [1.807, 2.05) is 28.9 Å². The number of nitrogens with two attached hydrogens (primary N) is 1. The second-order valence-corrected chi connectivity index (χ2v) is 8.23. The zero-order valence-electron chi connectivity index (χ0n) is 18.9. The zero-order valence-corrected chi connectivity index (χ0v) is 19.7. The smallest absolute Gasteiger partial charge is 0.256 e. The first-order chi connectivity index (χ1) is 16.1. The van der Waals surface area contributed by atoms with Gasteiger partial charge in [-0.1, -0.05) is 25.5 Å². The Balaban J connectivity index is 0.00000274. The topological polar surface area (TPSA) is 124 Å². The molecule has 9 nitrogen and oxygen atoms in total. The second-order valence-electron chi connectivity index (χ2n) is 8.23. The Morgan fingerprint density at radius 1 is 1.21 bits per heavy atom. The Bertz CT molecular complexity index is 1300. The molecule has 5 rings (SSSR count). The molecule has 176 valence electrons. The van der Waals surface area contributed by atoms with Gasteiger partial charge < -0.3 is 16.4 Å². The van der Waals surface area contributed by atoms with E-state index in [1.165, 1.54) is 6.33 Å². The number of carbonyl (C=O) groups excluding carboxylic acids is 1. The Morgan fingerprint density at radius 3 is 2.76 bits per heavy atom. The number of hydrogen-bond donors (Lipinski definition) is 3. The predicted molar refractivity (Wildman–Crippen MR) is 135 cm³/mol. The van der Waals surface area contributed by atoms with Gasteiger partial charge in [-0.2, -0.15) is 5.10 Å². The number of nitrogen functional groups attached to an aromatic ring is 1. The van der Waals surface area contributed by atoms with Gasteiger partial charge in [-0.05, 0) is 49.2 Å². The van der Waals surface area contributed by atoms with Gasteiger partial charge in [-0.15, -0.1) is 12.4 Å². The maximum Gasteiger partial charge on any atom is 0.256 e. The first-order valence-electron chi connectivity index (χ1n) is 11.2. The van der Waals surface area contributed by atoms with Crippen molar-refractivity contribution in [3.8, 4) is 11.3 Å². The molecular weight excluding hydrogens is 452 g/mol. The molecule has 34 heavy (non-hydrogen) atoms. The average Bonchev–Trinajstić information content (AvgIpc) is 3.48. The molecular formula is C24H27ClN8O. The minimum Gasteiger partial charge on any atom is -0.383 e. The summed E-state index contributed by atoms with van der Waals surface area (Å²) in [4.78, 5) is 25.6. The van der Waals surface area contributed by atoms with Gasteiger partial charge in [0.15, 0.2) is 5.65 Å². The van der Waals surface area contributed by atoms with Crippen LogP contribution in [0.5, 0.6) is 0 Å². The van der Waals surface area contributed by atoms with Crippen molar-refractivity contribution >= 4 is 41.0 Å². The molecule has 0 saturated carbocycles. The molecule has 1 atom stereocenters. The van der Waals surface area contributed by atoms with E-state index in [1.54, 1.807) is 18.3 Å². The van der Waals surface area contributed by atoms with Crippen molar-refractivity contribution in [2.24, 2.45) is 0 Å². The van der Waals surface area contributed by atoms with Gasteiger partial charge in [0, 0.05) is 23.9 Å². The molecule has 0 bridgehead atoms. The first kappa shape index (κ1) is 23.6. The number of benzene rings is 1. The van der Waals surface area contributed by atoms with Crippen LogP contribution in [0.25, 0.3) is 22.3 Å². The van der Waals surface area contributed by atoms with Crippen LogP contribution in [0, 0.1) is 0 Å². The average molecular weight is 479 g/mol. The summed E-state index contributed by atoms with van der Waals surface area (Å²) in [5, 5.41) is 11.8. The normalized spacial score (nSPS) is 15.3. The Kier molecular flexibility index (Phi) is 7.04. The summed E-state index contributed by atoms with van der Waals surface area (Å²) in [6.07, 6.45) is 6.16. The van der Waals surface area contributed by atoms with E-state index in [0.29, 0.717) is 17.2 Å². The molecule has 1 aliphatic rings. The highest BCUT2D eigenvalue weighted by molar-refractivity contribution is 6.04. The quantitative estimate of drug-likeness (QED) is 0.386. The highest BCUT2D eigenvalue weighted by Crippen LogP contribution is 2.32. The van der Waals surface area contributed by atoms with E-state index in [9.17, 15) is 4.79 Å². The molecule has 4 heterocycles. The highest BCUT2D eigenvalue weighted by Gasteiger charge is 2.24. The lowest BCUT2D eigenvalue weighted by Gasteiger charge is -2.09. The Hall–Kier alpha value is -3.56. The lowest BCUT2D eigenvalue weighted by molar-refractivity contribution is 0.102. The molecule has 1 unspecified atom stereocenters. The van der Waals surface area contributed by atoms with Gasteiger partial charge in [0.25, 0.3) is 5.91 Å². The molecule has 3 aromatic heterocycles. The third-order valence-corrected chi connectivity index (χ3v) is 5.92. The third kappa shape index (κ3) is 4.57. The Morgan fingerprint density at radius 2 is 2.03 bits per heavy atom. The summed E-state index contributed by atoms with van der Waals surface area (Å²) in [6, 6.07) is 11.4. The van der Waals surface area contributed by atoms with Gasteiger partial charge in [-0.3, -0.25) is 4.79 Å². The minimum atomic E-state index is -0.210. The fourth-order valence-corrected chi connectivity index (χ4v) is 4.26. The van der Waals surface area contributed by atoms with Crippen LogP contribution in [0.2, 0.25) is 0 Å². The standard InChI is InChI=1S/C24H26N8O.ClH/c1-2-3-15-8-11-27-19(12-15)30-24(33)17-6-4-16(5-7-17)21-20-22(25)28-14-29-23(20)32(31-21)18-9-10-26-13-18;/h4-8,11-12,14,18,26H,2-3,9-10,13H2,1H3,(H2,25,28,29)(H,27,30,33);1H. The maximum atomic E-state index is 12.8. The summed E-state index contributed by atoms with van der Waals surface area (Å²) in [6.45, 7) is 3.91. The number of pyridine rings is 1. The number of amides is 1. The first-order valence-corrected chi connectivity index (χ1v) is 11.2. The van der Waals surface area contributed by atoms with Crippen molar-refractivity contribution in [3.05, 3.63) is 60.0 Å². The van der Waals surface area contributed by atoms with E-state index in [0.717, 1.165) is 60.2 Å². The highest BCUT2D eigenvalue weighted by atomic mass is 35.5. The number of rotatable bonds is 6. The minimum absolute atomic E-state index is 0. The molecule has 1 aliphatic heterocycles. The molecule has 1 amide bonds. The summed E-state index contributed by atoms with van der Waals surface area (Å²) in [7, 11) is 0. The van der Waals surface area contributed by atoms with Gasteiger partial charge >= 0.3 is 0 Å². The van der Waals surface area contributed by atoms with Crippen molar-refractivity contribution in [1.29, 1.82) is 0 Å². The summed E-state index contributed by atoms with van der Waals surface area (Å²) >= 11 is 0. The summed E-state index contributed by atoms with van der Waals surface area (Å²) in [5.41, 5.74) is 10.2. The van der Waals surface area contributed by atoms with Crippen LogP contribution >= 0.6 is 12.4 Å². The predicted octanol–water partition coefficient (Wildman–Crippen LogP) is 3.63. The van der Waals surface area contributed by atoms with Crippen LogP contribution < -0.4 is 16.4 Å². The van der Waals surface area contributed by atoms with Crippen molar-refractivity contribution < 1.29 is 4.79 Å². The van der Waals surface area contributed by atoms with Crippen molar-refractivity contribution in [2.45, 2.75) is 32.2 Å². The van der Waals surface area contributed by atoms with E-state index in [4.69, 9.17) is 10.8 Å². The molecule has 0 aliphatic carbocycles. The zero-order chi connectivity index (χ0) is 22.8. The van der Waals surface area contributed by atoms with Crippen LogP contribution in [-0.2, 0) is 6.42 Å². The second kappa shape index (κ2) is 10.1. The number of hydrogen-bond acceptors (Lipinski definition) is 7. The number of aromatic nitrogens is 5. The Labute approximate surface area is 203 Å². The van der Waals surface area contributed by atoms with Crippen molar-refractivity contribution in [3.63, 3.8) is 0 Å². The number of nitrogens with zero attached hydrogens (tertiary/aromatic N) is 5. The van der Waals surface area contributed by atoms with E-state index < -0.39 is 0 Å². The van der Waals surface area contributed by atoms with Gasteiger partial charge in [0.05, 0.1) is 11.4 Å². The van der Waals surface area contributed by atoms with Crippen LogP contribution in [0.4, 0.5) is 11.6 Å². The lowest BCUT2D eigenvalue weighted by atomic mass is 10.1. The number of aryl methyl sites for hydroxylation is 1. The van der Waals surface area contributed by atoms with Gasteiger partial charge in [0.1, 0.15) is 23.7 Å². The fourth-order valence-electron chi connectivity index (χ4n) is 4.26. The molecule has 4 aromatic rings. The number of halogens is 1. The molecule has 10 heteroatoms. The van der Waals surface area contributed by atoms with Crippen molar-refractivity contribution in [1.82, 2.24) is 30.0 Å². The fraction of sp³-hybridized carbons (Fsp3) is 0.292. The van der Waals surface area contributed by atoms with E-state index >= 15 is 0 Å². The molecule has 4 N–H and O–H groups in total. The van der Waals surface area contributed by atoms with Crippen LogP contribution in [-0.4, -0.2) is 43.7 Å². The van der Waals surface area contributed by atoms with E-state index in [2.05, 4.69) is 32.5 Å².